The number of hydrogen-bond acceptors (Lipinski definition) is 1. The smallest absolute Gasteiger partial charge is 0.0909 e. The lowest BCUT2D eigenvalue weighted by Crippen LogP contribution is -2.05. The lowest BCUT2D eigenvalue weighted by Gasteiger charge is -1.92. The first kappa shape index (κ1) is 10.8. The van der Waals surface area contributed by atoms with Gasteiger partial charge in [0.15, 0.2) is 0 Å². The highest BCUT2D eigenvalue weighted by Crippen LogP contribution is 2.10. The zero-order valence-corrected chi connectivity index (χ0v) is 8.83. The second-order valence-corrected chi connectivity index (χ2v) is 3.37. The fourth-order valence-electron chi connectivity index (χ4n) is 0.959. The summed E-state index contributed by atoms with van der Waals surface area (Å²) in [6, 6.07) is 7.63. The summed E-state index contributed by atoms with van der Waals surface area (Å²) in [5.74, 6) is 0.603. The van der Waals surface area contributed by atoms with Crippen molar-refractivity contribution in [3.8, 4) is 0 Å². The van der Waals surface area contributed by atoms with Gasteiger partial charge in [0.25, 0.3) is 0 Å². The van der Waals surface area contributed by atoms with E-state index in [4.69, 9.17) is 17.3 Å². The Kier molecular flexibility index (Phi) is 4.20. The van der Waals surface area contributed by atoms with Crippen LogP contribution in [0, 0.1) is 0 Å². The predicted octanol–water partition coefficient (Wildman–Crippen LogP) is 2.73. The minimum absolute atomic E-state index is 0.603. The summed E-state index contributed by atoms with van der Waals surface area (Å²) in [4.78, 5) is 4.04. The van der Waals surface area contributed by atoms with Crippen LogP contribution in [0.3, 0.4) is 0 Å². The molecule has 2 N–H and O–H groups in total. The number of benzene rings is 1. The van der Waals surface area contributed by atoms with E-state index >= 15 is 0 Å². The maximum atomic E-state index is 5.75. The topological polar surface area (TPSA) is 38.4 Å². The van der Waals surface area contributed by atoms with Crippen molar-refractivity contribution in [2.24, 2.45) is 10.7 Å². The van der Waals surface area contributed by atoms with Crippen LogP contribution in [0.25, 0.3) is 6.08 Å². The quantitative estimate of drug-likeness (QED) is 0.602. The summed E-state index contributed by atoms with van der Waals surface area (Å²) in [6.07, 6.45) is 3.95. The van der Waals surface area contributed by atoms with E-state index < -0.39 is 0 Å². The van der Waals surface area contributed by atoms with Crippen LogP contribution in [0.2, 0.25) is 5.02 Å². The highest BCUT2D eigenvalue weighted by atomic mass is 35.5. The minimum atomic E-state index is 0.603. The van der Waals surface area contributed by atoms with Crippen LogP contribution >= 0.6 is 11.6 Å². The highest BCUT2D eigenvalue weighted by Gasteiger charge is 1.86. The van der Waals surface area contributed by atoms with E-state index in [0.717, 1.165) is 10.6 Å². The van der Waals surface area contributed by atoms with Crippen LogP contribution in [0.5, 0.6) is 0 Å². The van der Waals surface area contributed by atoms with Gasteiger partial charge in [-0.1, -0.05) is 35.9 Å². The molecule has 0 fully saturated rings. The van der Waals surface area contributed by atoms with E-state index in [1.165, 1.54) is 0 Å². The molecule has 0 heterocycles. The fourth-order valence-corrected chi connectivity index (χ4v) is 1.09. The molecule has 0 bridgehead atoms. The monoisotopic (exact) mass is 208 g/mol. The largest absolute Gasteiger partial charge is 0.388 e. The van der Waals surface area contributed by atoms with Crippen LogP contribution < -0.4 is 5.73 Å². The summed E-state index contributed by atoms with van der Waals surface area (Å²) in [5, 5.41) is 0.748. The number of rotatable bonds is 3. The van der Waals surface area contributed by atoms with Gasteiger partial charge in [-0.2, -0.15) is 0 Å². The number of amidine groups is 1. The third-order valence-corrected chi connectivity index (χ3v) is 1.88. The van der Waals surface area contributed by atoms with Gasteiger partial charge in [0.2, 0.25) is 0 Å². The van der Waals surface area contributed by atoms with Gasteiger partial charge in [-0.25, -0.2) is 0 Å². The maximum Gasteiger partial charge on any atom is 0.0909 e. The second-order valence-electron chi connectivity index (χ2n) is 2.94. The first-order chi connectivity index (χ1) is 6.68. The van der Waals surface area contributed by atoms with E-state index in [9.17, 15) is 0 Å². The summed E-state index contributed by atoms with van der Waals surface area (Å²) >= 11 is 5.75. The second kappa shape index (κ2) is 5.45. The molecular weight excluding hydrogens is 196 g/mol. The lowest BCUT2D eigenvalue weighted by molar-refractivity contribution is 1.23. The lowest BCUT2D eigenvalue weighted by atomic mass is 10.2. The molecule has 0 spiro atoms. The van der Waals surface area contributed by atoms with E-state index in [1.807, 2.05) is 36.4 Å². The Balaban J connectivity index is 2.52. The number of hydrogen-bond donors (Lipinski definition) is 1. The first-order valence-corrected chi connectivity index (χ1v) is 4.75. The van der Waals surface area contributed by atoms with Crippen LogP contribution in [0.4, 0.5) is 0 Å². The SMILES string of the molecule is CC(N)=NCC=Cc1ccc(Cl)cc1. The Morgan fingerprint density at radius 1 is 1.43 bits per heavy atom. The number of halogens is 1. The van der Waals surface area contributed by atoms with Crippen LogP contribution in [-0.4, -0.2) is 12.4 Å². The molecule has 0 radical (unpaired) electrons. The summed E-state index contributed by atoms with van der Waals surface area (Å²) < 4.78 is 0. The molecule has 14 heavy (non-hydrogen) atoms. The molecule has 0 aliphatic carbocycles. The van der Waals surface area contributed by atoms with Crippen LogP contribution in [0.1, 0.15) is 12.5 Å². The highest BCUT2D eigenvalue weighted by molar-refractivity contribution is 6.30. The molecule has 0 amide bonds. The predicted molar refractivity (Wildman–Crippen MR) is 62.6 cm³/mol. The molecule has 0 saturated heterocycles. The third-order valence-electron chi connectivity index (χ3n) is 1.63. The summed E-state index contributed by atoms with van der Waals surface area (Å²) in [5.41, 5.74) is 6.50. The Morgan fingerprint density at radius 3 is 2.64 bits per heavy atom. The number of nitrogens with zero attached hydrogens (tertiary/aromatic N) is 1. The van der Waals surface area contributed by atoms with Gasteiger partial charge in [-0.3, -0.25) is 4.99 Å². The van der Waals surface area contributed by atoms with Gasteiger partial charge >= 0.3 is 0 Å². The molecule has 3 heteroatoms. The maximum absolute atomic E-state index is 5.75. The Hall–Kier alpha value is -1.28. The van der Waals surface area contributed by atoms with Crippen molar-refractivity contribution < 1.29 is 0 Å². The standard InChI is InChI=1S/C11H13ClN2/c1-9(13)14-8-2-3-10-4-6-11(12)7-5-10/h2-7H,8H2,1H3,(H2,13,14). The molecule has 0 atom stereocenters. The third kappa shape index (κ3) is 4.10. The fraction of sp³-hybridized carbons (Fsp3) is 0.182. The summed E-state index contributed by atoms with van der Waals surface area (Å²) in [7, 11) is 0. The van der Waals surface area contributed by atoms with Crippen molar-refractivity contribution in [3.63, 3.8) is 0 Å². The molecule has 0 aliphatic heterocycles. The molecule has 0 aliphatic rings. The van der Waals surface area contributed by atoms with Gasteiger partial charge in [0.05, 0.1) is 12.4 Å². The zero-order valence-electron chi connectivity index (χ0n) is 8.07. The Labute approximate surface area is 89.1 Å². The van der Waals surface area contributed by atoms with Gasteiger partial charge in [0, 0.05) is 5.02 Å². The molecule has 0 saturated carbocycles. The first-order valence-electron chi connectivity index (χ1n) is 4.37. The zero-order chi connectivity index (χ0) is 10.4. The summed E-state index contributed by atoms with van der Waals surface area (Å²) in [6.45, 7) is 2.39. The van der Waals surface area contributed by atoms with E-state index in [2.05, 4.69) is 4.99 Å². The molecule has 74 valence electrons. The Morgan fingerprint density at radius 2 is 2.07 bits per heavy atom. The number of aliphatic imine (C=N–C) groups is 1. The van der Waals surface area contributed by atoms with E-state index in [1.54, 1.807) is 6.92 Å². The van der Waals surface area contributed by atoms with Gasteiger partial charge < -0.3 is 5.73 Å². The van der Waals surface area contributed by atoms with Crippen LogP contribution in [0.15, 0.2) is 35.3 Å². The average molecular weight is 209 g/mol. The van der Waals surface area contributed by atoms with E-state index in [0.29, 0.717) is 12.4 Å². The molecule has 1 rings (SSSR count). The van der Waals surface area contributed by atoms with Crippen molar-refractivity contribution in [3.05, 3.63) is 40.9 Å². The van der Waals surface area contributed by atoms with Crippen LogP contribution in [-0.2, 0) is 0 Å². The average Bonchev–Trinajstić information content (AvgIpc) is 2.15. The molecule has 1 aromatic rings. The van der Waals surface area contributed by atoms with Crippen molar-refractivity contribution in [1.29, 1.82) is 0 Å². The molecule has 0 unspecified atom stereocenters. The van der Waals surface area contributed by atoms with Gasteiger partial charge in [-0.15, -0.1) is 0 Å². The normalized spacial score (nSPS) is 12.3. The van der Waals surface area contributed by atoms with Gasteiger partial charge in [0.1, 0.15) is 0 Å². The Bertz CT molecular complexity index is 335. The molecule has 0 aromatic heterocycles. The van der Waals surface area contributed by atoms with Crippen molar-refractivity contribution in [2.45, 2.75) is 6.92 Å². The van der Waals surface area contributed by atoms with Gasteiger partial charge in [-0.05, 0) is 24.6 Å². The number of nitrogens with two attached hydrogens (primary N) is 1. The van der Waals surface area contributed by atoms with Crippen molar-refractivity contribution in [2.75, 3.05) is 6.54 Å². The minimum Gasteiger partial charge on any atom is -0.388 e. The van der Waals surface area contributed by atoms with E-state index in [-0.39, 0.29) is 0 Å². The van der Waals surface area contributed by atoms with Crippen molar-refractivity contribution in [1.82, 2.24) is 0 Å². The molecule has 1 aromatic carbocycles. The molecular formula is C11H13ClN2. The van der Waals surface area contributed by atoms with Crippen molar-refractivity contribution >= 4 is 23.5 Å². The molecule has 2 nitrogen and oxygen atoms in total.